The second-order valence-corrected chi connectivity index (χ2v) is 7.02. The number of benzene rings is 2. The van der Waals surface area contributed by atoms with E-state index in [1.165, 1.54) is 4.68 Å². The molecular weight excluding hydrogens is 368 g/mol. The van der Waals surface area contributed by atoms with E-state index in [1.54, 1.807) is 10.7 Å². The van der Waals surface area contributed by atoms with E-state index in [0.717, 1.165) is 11.0 Å². The highest BCUT2D eigenvalue weighted by atomic mass is 16.2. The third kappa shape index (κ3) is 3.73. The van der Waals surface area contributed by atoms with Gasteiger partial charge in [0, 0.05) is 18.0 Å². The van der Waals surface area contributed by atoms with Crippen molar-refractivity contribution in [2.45, 2.75) is 39.4 Å². The molecule has 0 aliphatic heterocycles. The molecule has 2 heterocycles. The number of nitrogens with one attached hydrogen (secondary N) is 1. The quantitative estimate of drug-likeness (QED) is 0.543. The minimum atomic E-state index is -0.152. The van der Waals surface area contributed by atoms with Crippen LogP contribution in [0.15, 0.2) is 53.3 Å². The maximum atomic E-state index is 12.7. The molecule has 0 fully saturated rings. The van der Waals surface area contributed by atoms with Crippen LogP contribution in [0.5, 0.6) is 0 Å². The second-order valence-electron chi connectivity index (χ2n) is 7.02. The van der Waals surface area contributed by atoms with Crippen molar-refractivity contribution in [3.8, 4) is 0 Å². The van der Waals surface area contributed by atoms with Crippen molar-refractivity contribution >= 4 is 27.7 Å². The lowest BCUT2D eigenvalue weighted by Gasteiger charge is -2.15. The van der Waals surface area contributed by atoms with Gasteiger partial charge in [0.15, 0.2) is 0 Å². The van der Waals surface area contributed by atoms with Crippen molar-refractivity contribution in [3.63, 3.8) is 0 Å². The first kappa shape index (κ1) is 18.8. The molecule has 4 aromatic rings. The van der Waals surface area contributed by atoms with Crippen LogP contribution in [0.1, 0.15) is 19.5 Å². The molecule has 4 rings (SSSR count). The lowest BCUT2D eigenvalue weighted by Crippen LogP contribution is -2.37. The van der Waals surface area contributed by atoms with Crippen LogP contribution >= 0.6 is 0 Å². The van der Waals surface area contributed by atoms with E-state index in [0.29, 0.717) is 29.6 Å². The SMILES string of the molecule is CCn1nc(CC(=O)N[C@H](C)Cn2nnc3ccccc32)c2ccccc2c1=O. The molecule has 0 saturated heterocycles. The molecule has 1 amide bonds. The molecular formula is C21H22N6O2. The number of para-hydroxylation sites is 1. The fourth-order valence-electron chi connectivity index (χ4n) is 3.49. The summed E-state index contributed by atoms with van der Waals surface area (Å²) >= 11 is 0. The number of rotatable bonds is 6. The Balaban J connectivity index is 1.51. The van der Waals surface area contributed by atoms with E-state index in [1.807, 2.05) is 56.3 Å². The molecule has 0 spiro atoms. The van der Waals surface area contributed by atoms with Crippen molar-refractivity contribution in [1.29, 1.82) is 0 Å². The van der Waals surface area contributed by atoms with Gasteiger partial charge in [-0.15, -0.1) is 5.10 Å². The van der Waals surface area contributed by atoms with Gasteiger partial charge in [0.25, 0.3) is 5.56 Å². The van der Waals surface area contributed by atoms with Crippen molar-refractivity contribution in [2.24, 2.45) is 0 Å². The number of carbonyl (C=O) groups excluding carboxylic acids is 1. The number of amides is 1. The lowest BCUT2D eigenvalue weighted by atomic mass is 10.1. The summed E-state index contributed by atoms with van der Waals surface area (Å²) in [5.41, 5.74) is 2.21. The molecule has 0 bridgehead atoms. The van der Waals surface area contributed by atoms with Gasteiger partial charge in [-0.3, -0.25) is 9.59 Å². The number of hydrogen-bond acceptors (Lipinski definition) is 5. The van der Waals surface area contributed by atoms with E-state index in [2.05, 4.69) is 20.7 Å². The van der Waals surface area contributed by atoms with Crippen molar-refractivity contribution in [2.75, 3.05) is 0 Å². The Hall–Kier alpha value is -3.55. The largest absolute Gasteiger partial charge is 0.351 e. The summed E-state index contributed by atoms with van der Waals surface area (Å²) in [5, 5.41) is 17.0. The van der Waals surface area contributed by atoms with Crippen LogP contribution in [-0.2, 0) is 24.3 Å². The van der Waals surface area contributed by atoms with Crippen LogP contribution in [0.25, 0.3) is 21.8 Å². The first-order valence-electron chi connectivity index (χ1n) is 9.63. The monoisotopic (exact) mass is 390 g/mol. The minimum absolute atomic E-state index is 0.100. The average Bonchev–Trinajstić information content (AvgIpc) is 3.13. The number of aryl methyl sites for hydroxylation is 1. The molecule has 8 heteroatoms. The normalized spacial score (nSPS) is 12.3. The highest BCUT2D eigenvalue weighted by Crippen LogP contribution is 2.14. The minimum Gasteiger partial charge on any atom is -0.351 e. The first-order valence-corrected chi connectivity index (χ1v) is 9.63. The Morgan fingerprint density at radius 2 is 1.79 bits per heavy atom. The summed E-state index contributed by atoms with van der Waals surface area (Å²) in [4.78, 5) is 25.1. The third-order valence-corrected chi connectivity index (χ3v) is 4.85. The van der Waals surface area contributed by atoms with Crippen LogP contribution < -0.4 is 10.9 Å². The van der Waals surface area contributed by atoms with Crippen molar-refractivity contribution < 1.29 is 4.79 Å². The summed E-state index contributed by atoms with van der Waals surface area (Å²) in [6, 6.07) is 14.8. The van der Waals surface area contributed by atoms with Crippen LogP contribution in [0.4, 0.5) is 0 Å². The van der Waals surface area contributed by atoms with E-state index < -0.39 is 0 Å². The Morgan fingerprint density at radius 1 is 1.07 bits per heavy atom. The maximum Gasteiger partial charge on any atom is 0.274 e. The van der Waals surface area contributed by atoms with Gasteiger partial charge in [-0.1, -0.05) is 35.5 Å². The van der Waals surface area contributed by atoms with Crippen molar-refractivity contribution in [3.05, 3.63) is 64.6 Å². The summed E-state index contributed by atoms with van der Waals surface area (Å²) in [7, 11) is 0. The average molecular weight is 390 g/mol. The Morgan fingerprint density at radius 3 is 2.59 bits per heavy atom. The summed E-state index contributed by atoms with van der Waals surface area (Å²) in [6.07, 6.45) is 0.100. The first-order chi connectivity index (χ1) is 14.1. The molecule has 2 aromatic carbocycles. The van der Waals surface area contributed by atoms with Crippen LogP contribution in [-0.4, -0.2) is 36.7 Å². The van der Waals surface area contributed by atoms with E-state index in [-0.39, 0.29) is 23.9 Å². The van der Waals surface area contributed by atoms with Gasteiger partial charge in [0.05, 0.1) is 29.6 Å². The molecule has 29 heavy (non-hydrogen) atoms. The zero-order chi connectivity index (χ0) is 20.4. The van der Waals surface area contributed by atoms with Gasteiger partial charge in [0.2, 0.25) is 5.91 Å². The highest BCUT2D eigenvalue weighted by Gasteiger charge is 2.15. The molecule has 0 unspecified atom stereocenters. The van der Waals surface area contributed by atoms with Gasteiger partial charge >= 0.3 is 0 Å². The molecule has 0 saturated carbocycles. The number of hydrogen-bond donors (Lipinski definition) is 1. The zero-order valence-electron chi connectivity index (χ0n) is 16.4. The molecule has 0 radical (unpaired) electrons. The molecule has 148 valence electrons. The Bertz CT molecular complexity index is 1240. The number of nitrogens with zero attached hydrogens (tertiary/aromatic N) is 5. The molecule has 8 nitrogen and oxygen atoms in total. The molecule has 0 aliphatic rings. The van der Waals surface area contributed by atoms with Crippen LogP contribution in [0.2, 0.25) is 0 Å². The van der Waals surface area contributed by atoms with Gasteiger partial charge in [-0.2, -0.15) is 5.10 Å². The number of carbonyl (C=O) groups is 1. The van der Waals surface area contributed by atoms with E-state index in [4.69, 9.17) is 0 Å². The highest BCUT2D eigenvalue weighted by molar-refractivity contribution is 5.88. The second kappa shape index (κ2) is 7.83. The summed E-state index contributed by atoms with van der Waals surface area (Å²) in [5.74, 6) is -0.152. The molecule has 0 aliphatic carbocycles. The molecule has 1 N–H and O–H groups in total. The summed E-state index contributed by atoms with van der Waals surface area (Å²) in [6.45, 7) is 4.74. The topological polar surface area (TPSA) is 94.7 Å². The smallest absolute Gasteiger partial charge is 0.274 e. The van der Waals surface area contributed by atoms with Gasteiger partial charge in [-0.05, 0) is 32.0 Å². The van der Waals surface area contributed by atoms with Gasteiger partial charge in [-0.25, -0.2) is 9.36 Å². The Labute approximate surface area is 167 Å². The molecule has 1 atom stereocenters. The maximum absolute atomic E-state index is 12.7. The standard InChI is InChI=1S/C21H22N6O2/c1-3-26-21(29)16-9-5-4-8-15(16)18(24-26)12-20(28)22-14(2)13-27-19-11-7-6-10-17(19)23-25-27/h4-11,14H,3,12-13H2,1-2H3,(H,22,28)/t14-/m1/s1. The molecule has 2 aromatic heterocycles. The van der Waals surface area contributed by atoms with E-state index >= 15 is 0 Å². The third-order valence-electron chi connectivity index (χ3n) is 4.85. The predicted molar refractivity (Wildman–Crippen MR) is 111 cm³/mol. The zero-order valence-corrected chi connectivity index (χ0v) is 16.4. The predicted octanol–water partition coefficient (Wildman–Crippen LogP) is 1.91. The fraction of sp³-hybridized carbons (Fsp3) is 0.286. The summed E-state index contributed by atoms with van der Waals surface area (Å²) < 4.78 is 3.18. The lowest BCUT2D eigenvalue weighted by molar-refractivity contribution is -0.121. The Kier molecular flexibility index (Phi) is 5.07. The fourth-order valence-corrected chi connectivity index (χ4v) is 3.49. The van der Waals surface area contributed by atoms with Crippen LogP contribution in [0.3, 0.4) is 0 Å². The number of aromatic nitrogens is 5. The van der Waals surface area contributed by atoms with Gasteiger partial charge < -0.3 is 5.32 Å². The number of fused-ring (bicyclic) bond motifs is 2. The van der Waals surface area contributed by atoms with Crippen LogP contribution in [0, 0.1) is 0 Å². The van der Waals surface area contributed by atoms with Crippen molar-refractivity contribution in [1.82, 2.24) is 30.1 Å². The van der Waals surface area contributed by atoms with Gasteiger partial charge in [0.1, 0.15) is 5.52 Å². The van der Waals surface area contributed by atoms with E-state index in [9.17, 15) is 9.59 Å².